The Labute approximate surface area is 146 Å². The number of rotatable bonds is 0. The van der Waals surface area contributed by atoms with Crippen LogP contribution in [0, 0.1) is 0 Å². The minimum atomic E-state index is -0.583. The number of ether oxygens (including phenoxy) is 3. The van der Waals surface area contributed by atoms with Crippen molar-refractivity contribution in [2.45, 2.75) is 52.1 Å². The van der Waals surface area contributed by atoms with Crippen LogP contribution in [-0.4, -0.2) is 30.6 Å². The van der Waals surface area contributed by atoms with Crippen molar-refractivity contribution in [1.29, 1.82) is 0 Å². The van der Waals surface area contributed by atoms with Gasteiger partial charge in [-0.1, -0.05) is 29.9 Å². The molecule has 2 saturated heterocycles. The molecule has 3 heterocycles. The summed E-state index contributed by atoms with van der Waals surface area (Å²) >= 11 is 0. The number of fused-ring (bicyclic) bond motifs is 9. The molecule has 4 nitrogen and oxygen atoms in total. The third kappa shape index (κ3) is 1.89. The lowest BCUT2D eigenvalue weighted by Gasteiger charge is -2.25. The van der Waals surface area contributed by atoms with Gasteiger partial charge in [-0.15, -0.1) is 0 Å². The second-order valence-electron chi connectivity index (χ2n) is 7.43. The van der Waals surface area contributed by atoms with Crippen molar-refractivity contribution in [3.63, 3.8) is 0 Å². The highest BCUT2D eigenvalue weighted by atomic mass is 16.8. The predicted octanol–water partition coefficient (Wildman–Crippen LogP) is 4.08. The Hall–Kier alpha value is -2.33. The smallest absolute Gasteiger partial charge is 0.424 e. The lowest BCUT2D eigenvalue weighted by atomic mass is 9.79. The van der Waals surface area contributed by atoms with Crippen LogP contribution in [0.5, 0.6) is 0 Å². The van der Waals surface area contributed by atoms with Crippen LogP contribution in [0.2, 0.25) is 0 Å². The molecule has 2 aliphatic carbocycles. The maximum Gasteiger partial charge on any atom is 0.509 e. The molecule has 128 valence electrons. The maximum absolute atomic E-state index is 11.6. The van der Waals surface area contributed by atoms with Crippen molar-refractivity contribution < 1.29 is 19.0 Å². The normalized spacial score (nSPS) is 35.6. The minimum absolute atomic E-state index is 0.238. The van der Waals surface area contributed by atoms with Crippen LogP contribution >= 0.6 is 0 Å². The van der Waals surface area contributed by atoms with Crippen LogP contribution in [0.1, 0.15) is 27.7 Å². The van der Waals surface area contributed by atoms with E-state index < -0.39 is 6.16 Å². The van der Waals surface area contributed by atoms with E-state index >= 15 is 0 Å². The van der Waals surface area contributed by atoms with Crippen LogP contribution in [0.15, 0.2) is 68.9 Å². The average Bonchev–Trinajstić information content (AvgIpc) is 3.12. The van der Waals surface area contributed by atoms with Crippen molar-refractivity contribution in [3.8, 4) is 0 Å². The molecule has 4 heteroatoms. The van der Waals surface area contributed by atoms with E-state index in [1.54, 1.807) is 0 Å². The Morgan fingerprint density at radius 3 is 2.32 bits per heavy atom. The first kappa shape index (κ1) is 15.0. The molecular weight excluding hydrogens is 316 g/mol. The van der Waals surface area contributed by atoms with Gasteiger partial charge in [0.05, 0.1) is 0 Å². The summed E-state index contributed by atoms with van der Waals surface area (Å²) < 4.78 is 17.0. The summed E-state index contributed by atoms with van der Waals surface area (Å²) in [4.78, 5) is 11.6. The standard InChI is InChI=1S/C21H20O4/c1-9-7-11(3)14-10(2)5-6-13-16(15(14)12(4)8-9)18-20-19(17(13)23-18)24-21(22)25-20/h5-8,17-20H,1-4H3/t17-,18+,19-,20+/m1/s1. The summed E-state index contributed by atoms with van der Waals surface area (Å²) in [5.41, 5.74) is 9.69. The Morgan fingerprint density at radius 1 is 0.840 bits per heavy atom. The van der Waals surface area contributed by atoms with Crippen LogP contribution in [0.4, 0.5) is 4.79 Å². The largest absolute Gasteiger partial charge is 0.509 e. The Bertz CT molecular complexity index is 906. The fourth-order valence-electron chi connectivity index (χ4n) is 4.85. The van der Waals surface area contributed by atoms with Gasteiger partial charge in [0.1, 0.15) is 12.2 Å². The van der Waals surface area contributed by atoms with Gasteiger partial charge in [0.2, 0.25) is 0 Å². The summed E-state index contributed by atoms with van der Waals surface area (Å²) in [6.45, 7) is 8.58. The SMILES string of the molecule is CC1=CC(C)=C2C(=C(C)C=CC3=C2[C@@H]2O[C@H]3[C@H]3OC(=O)O[C@H]32)C(C)=C1. The molecule has 3 aliphatic heterocycles. The lowest BCUT2D eigenvalue weighted by molar-refractivity contribution is 0.0225. The van der Waals surface area contributed by atoms with Crippen LogP contribution in [-0.2, 0) is 14.2 Å². The highest BCUT2D eigenvalue weighted by molar-refractivity contribution is 5.73. The van der Waals surface area contributed by atoms with Crippen LogP contribution in [0.3, 0.4) is 0 Å². The monoisotopic (exact) mass is 336 g/mol. The first-order valence-corrected chi connectivity index (χ1v) is 8.70. The van der Waals surface area contributed by atoms with Gasteiger partial charge in [0.15, 0.2) is 12.2 Å². The predicted molar refractivity (Wildman–Crippen MR) is 92.9 cm³/mol. The molecule has 0 aromatic rings. The molecule has 0 N–H and O–H groups in total. The molecule has 0 amide bonds. The quantitative estimate of drug-likeness (QED) is 0.625. The van der Waals surface area contributed by atoms with E-state index in [4.69, 9.17) is 14.2 Å². The van der Waals surface area contributed by atoms with Gasteiger partial charge in [-0.05, 0) is 66.7 Å². The van der Waals surface area contributed by atoms with Gasteiger partial charge >= 0.3 is 6.16 Å². The zero-order valence-corrected chi connectivity index (χ0v) is 14.8. The number of carbonyl (C=O) groups is 1. The Morgan fingerprint density at radius 2 is 1.56 bits per heavy atom. The molecular formula is C21H20O4. The zero-order chi connectivity index (χ0) is 17.5. The first-order chi connectivity index (χ1) is 12.0. The van der Waals surface area contributed by atoms with Crippen molar-refractivity contribution in [2.24, 2.45) is 0 Å². The number of allylic oxidation sites excluding steroid dienone is 8. The Kier molecular flexibility index (Phi) is 2.91. The minimum Gasteiger partial charge on any atom is -0.424 e. The molecule has 0 saturated carbocycles. The molecule has 0 radical (unpaired) electrons. The van der Waals surface area contributed by atoms with Crippen molar-refractivity contribution in [3.05, 3.63) is 68.9 Å². The third-order valence-electron chi connectivity index (χ3n) is 5.68. The van der Waals surface area contributed by atoms with Gasteiger partial charge in [-0.25, -0.2) is 4.79 Å². The third-order valence-corrected chi connectivity index (χ3v) is 5.68. The molecule has 25 heavy (non-hydrogen) atoms. The number of hydrogen-bond acceptors (Lipinski definition) is 4. The summed E-state index contributed by atoms with van der Waals surface area (Å²) in [5.74, 6) is 0. The van der Waals surface area contributed by atoms with Gasteiger partial charge in [-0.3, -0.25) is 0 Å². The topological polar surface area (TPSA) is 44.8 Å². The molecule has 2 bridgehead atoms. The summed E-state index contributed by atoms with van der Waals surface area (Å²) in [6.07, 6.45) is 6.97. The van der Waals surface area contributed by atoms with Crippen LogP contribution in [0.25, 0.3) is 0 Å². The van der Waals surface area contributed by atoms with E-state index in [9.17, 15) is 4.79 Å². The van der Waals surface area contributed by atoms with Crippen LogP contribution < -0.4 is 0 Å². The van der Waals surface area contributed by atoms with E-state index in [0.29, 0.717) is 0 Å². The molecule has 4 atom stereocenters. The highest BCUT2D eigenvalue weighted by Gasteiger charge is 2.61. The molecule has 5 rings (SSSR count). The van der Waals surface area contributed by atoms with Gasteiger partial charge < -0.3 is 14.2 Å². The fraction of sp³-hybridized carbons (Fsp3) is 0.381. The van der Waals surface area contributed by atoms with Gasteiger partial charge in [0, 0.05) is 0 Å². The lowest BCUT2D eigenvalue weighted by Crippen LogP contribution is -2.36. The molecule has 0 spiro atoms. The molecule has 0 unspecified atom stereocenters. The summed E-state index contributed by atoms with van der Waals surface area (Å²) in [7, 11) is 0. The van der Waals surface area contributed by atoms with E-state index in [-0.39, 0.29) is 24.4 Å². The summed E-state index contributed by atoms with van der Waals surface area (Å²) in [5, 5.41) is 0. The number of hydrogen-bond donors (Lipinski definition) is 0. The Balaban J connectivity index is 1.75. The second-order valence-corrected chi connectivity index (χ2v) is 7.43. The zero-order valence-electron chi connectivity index (χ0n) is 14.8. The van der Waals surface area contributed by atoms with E-state index in [2.05, 4.69) is 52.0 Å². The molecule has 2 fully saturated rings. The van der Waals surface area contributed by atoms with E-state index in [1.807, 2.05) is 0 Å². The fourth-order valence-corrected chi connectivity index (χ4v) is 4.85. The van der Waals surface area contributed by atoms with Crippen molar-refractivity contribution in [2.75, 3.05) is 0 Å². The molecule has 0 aromatic heterocycles. The number of carbonyl (C=O) groups excluding carboxylic acids is 1. The van der Waals surface area contributed by atoms with Gasteiger partial charge in [-0.2, -0.15) is 0 Å². The highest BCUT2D eigenvalue weighted by Crippen LogP contribution is 2.52. The second kappa shape index (κ2) is 4.85. The van der Waals surface area contributed by atoms with Crippen molar-refractivity contribution in [1.82, 2.24) is 0 Å². The molecule has 0 aromatic carbocycles. The first-order valence-electron chi connectivity index (χ1n) is 8.70. The summed E-state index contributed by atoms with van der Waals surface area (Å²) in [6, 6.07) is 0. The van der Waals surface area contributed by atoms with Crippen molar-refractivity contribution >= 4 is 6.16 Å². The van der Waals surface area contributed by atoms with E-state index in [1.165, 1.54) is 33.4 Å². The molecule has 5 aliphatic rings. The van der Waals surface area contributed by atoms with E-state index in [0.717, 1.165) is 11.1 Å². The average molecular weight is 336 g/mol. The maximum atomic E-state index is 11.6. The van der Waals surface area contributed by atoms with Gasteiger partial charge in [0.25, 0.3) is 0 Å².